The SMILES string of the molecule is C=Cc1c(/C=C\C)c2ccc3c4ccccc4n(-c4ccccc4)c3c2n1-c1cccc(-c2ccccc2)n1. The molecule has 0 fully saturated rings. The molecule has 4 aromatic carbocycles. The zero-order valence-corrected chi connectivity index (χ0v) is 21.8. The molecular weight excluding hydrogens is 474 g/mol. The fourth-order valence-corrected chi connectivity index (χ4v) is 5.81. The molecule has 0 spiro atoms. The molecule has 0 N–H and O–H groups in total. The minimum Gasteiger partial charge on any atom is -0.307 e. The molecule has 0 aliphatic heterocycles. The highest BCUT2D eigenvalue weighted by atomic mass is 15.1. The molecule has 0 unspecified atom stereocenters. The second-order valence-corrected chi connectivity index (χ2v) is 9.63. The molecule has 0 atom stereocenters. The van der Waals surface area contributed by atoms with Crippen molar-refractivity contribution >= 4 is 44.9 Å². The van der Waals surface area contributed by atoms with E-state index in [-0.39, 0.29) is 0 Å². The van der Waals surface area contributed by atoms with Crippen LogP contribution in [0.3, 0.4) is 0 Å². The lowest BCUT2D eigenvalue weighted by Crippen LogP contribution is -2.03. The largest absolute Gasteiger partial charge is 0.307 e. The molecule has 0 amide bonds. The summed E-state index contributed by atoms with van der Waals surface area (Å²) >= 11 is 0. The third-order valence-electron chi connectivity index (χ3n) is 7.41. The highest BCUT2D eigenvalue weighted by molar-refractivity contribution is 6.19. The number of hydrogen-bond acceptors (Lipinski definition) is 1. The first kappa shape index (κ1) is 23.0. The fourth-order valence-electron chi connectivity index (χ4n) is 5.81. The van der Waals surface area contributed by atoms with E-state index in [1.165, 1.54) is 21.7 Å². The van der Waals surface area contributed by atoms with Gasteiger partial charge in [0.15, 0.2) is 0 Å². The van der Waals surface area contributed by atoms with Crippen molar-refractivity contribution in [3.63, 3.8) is 0 Å². The van der Waals surface area contributed by atoms with E-state index in [0.29, 0.717) is 0 Å². The second kappa shape index (κ2) is 9.30. The number of allylic oxidation sites excluding steroid dienone is 1. The van der Waals surface area contributed by atoms with E-state index < -0.39 is 0 Å². The highest BCUT2D eigenvalue weighted by Crippen LogP contribution is 2.41. The third kappa shape index (κ3) is 3.55. The maximum absolute atomic E-state index is 5.19. The van der Waals surface area contributed by atoms with E-state index in [9.17, 15) is 0 Å². The van der Waals surface area contributed by atoms with Gasteiger partial charge < -0.3 is 4.57 Å². The Morgan fingerprint density at radius 3 is 2.10 bits per heavy atom. The lowest BCUT2D eigenvalue weighted by Gasteiger charge is -2.13. The summed E-state index contributed by atoms with van der Waals surface area (Å²) in [7, 11) is 0. The van der Waals surface area contributed by atoms with Gasteiger partial charge in [0.1, 0.15) is 5.82 Å². The van der Waals surface area contributed by atoms with E-state index in [4.69, 9.17) is 4.98 Å². The van der Waals surface area contributed by atoms with E-state index in [0.717, 1.165) is 45.1 Å². The zero-order chi connectivity index (χ0) is 26.3. The summed E-state index contributed by atoms with van der Waals surface area (Å²) < 4.78 is 4.67. The van der Waals surface area contributed by atoms with Crippen molar-refractivity contribution in [1.29, 1.82) is 0 Å². The Balaban J connectivity index is 1.68. The van der Waals surface area contributed by atoms with Crippen LogP contribution in [0.15, 0.2) is 128 Å². The Morgan fingerprint density at radius 2 is 1.33 bits per heavy atom. The smallest absolute Gasteiger partial charge is 0.138 e. The second-order valence-electron chi connectivity index (χ2n) is 9.63. The van der Waals surface area contributed by atoms with Crippen molar-refractivity contribution in [3.05, 3.63) is 139 Å². The average molecular weight is 502 g/mol. The van der Waals surface area contributed by atoms with Gasteiger partial charge in [0, 0.05) is 33.0 Å². The van der Waals surface area contributed by atoms with Crippen molar-refractivity contribution in [3.8, 4) is 22.8 Å². The van der Waals surface area contributed by atoms with Crippen molar-refractivity contribution in [2.24, 2.45) is 0 Å². The predicted octanol–water partition coefficient (Wildman–Crippen LogP) is 9.47. The molecule has 0 radical (unpaired) electrons. The Bertz CT molecular complexity index is 2020. The molecule has 7 aromatic rings. The number of aromatic nitrogens is 3. The van der Waals surface area contributed by atoms with Crippen LogP contribution in [0, 0.1) is 0 Å². The van der Waals surface area contributed by atoms with Crippen LogP contribution in [0.2, 0.25) is 0 Å². The van der Waals surface area contributed by atoms with Crippen LogP contribution >= 0.6 is 0 Å². The summed E-state index contributed by atoms with van der Waals surface area (Å²) in [6.45, 7) is 6.31. The first-order chi connectivity index (χ1) is 19.3. The Hall–Kier alpha value is -5.15. The van der Waals surface area contributed by atoms with Crippen LogP contribution in [0.25, 0.3) is 67.6 Å². The summed E-state index contributed by atoms with van der Waals surface area (Å²) in [5, 5.41) is 3.61. The van der Waals surface area contributed by atoms with Crippen LogP contribution in [0.5, 0.6) is 0 Å². The van der Waals surface area contributed by atoms with E-state index >= 15 is 0 Å². The van der Waals surface area contributed by atoms with E-state index in [2.05, 4.69) is 144 Å². The molecule has 0 aliphatic carbocycles. The minimum absolute atomic E-state index is 0.865. The minimum atomic E-state index is 0.865. The number of hydrogen-bond donors (Lipinski definition) is 0. The Morgan fingerprint density at radius 1 is 0.641 bits per heavy atom. The monoisotopic (exact) mass is 501 g/mol. The van der Waals surface area contributed by atoms with Crippen LogP contribution in [0.1, 0.15) is 18.2 Å². The summed E-state index contributed by atoms with van der Waals surface area (Å²) in [5.41, 5.74) is 8.78. The molecule has 186 valence electrons. The molecule has 3 nitrogen and oxygen atoms in total. The van der Waals surface area contributed by atoms with Gasteiger partial charge in [-0.25, -0.2) is 4.98 Å². The van der Waals surface area contributed by atoms with Crippen molar-refractivity contribution < 1.29 is 0 Å². The first-order valence-electron chi connectivity index (χ1n) is 13.2. The summed E-state index contributed by atoms with van der Waals surface area (Å²) in [6.07, 6.45) is 6.22. The standard InChI is InChI=1S/C36H27N3/c1-3-14-27-29-23-24-30-28-19-11-12-21-33(28)38(26-17-9-6-10-18-26)35(30)36(29)39(32(27)4-2)34-22-13-20-31(37-34)25-15-7-5-8-16-25/h3-24H,2H2,1H3/b14-3-. The zero-order valence-electron chi connectivity index (χ0n) is 21.8. The maximum atomic E-state index is 5.19. The van der Waals surface area contributed by atoms with Gasteiger partial charge in [0.2, 0.25) is 0 Å². The van der Waals surface area contributed by atoms with Gasteiger partial charge in [-0.3, -0.25) is 4.57 Å². The fraction of sp³-hybridized carbons (Fsp3) is 0.0278. The van der Waals surface area contributed by atoms with Gasteiger partial charge in [-0.1, -0.05) is 104 Å². The highest BCUT2D eigenvalue weighted by Gasteiger charge is 2.23. The maximum Gasteiger partial charge on any atom is 0.138 e. The lowest BCUT2D eigenvalue weighted by atomic mass is 10.1. The van der Waals surface area contributed by atoms with Gasteiger partial charge in [0.05, 0.1) is 27.9 Å². The number of para-hydroxylation sites is 2. The number of pyridine rings is 1. The molecule has 7 rings (SSSR count). The van der Waals surface area contributed by atoms with Crippen LogP contribution in [0.4, 0.5) is 0 Å². The van der Waals surface area contributed by atoms with Gasteiger partial charge in [-0.15, -0.1) is 0 Å². The predicted molar refractivity (Wildman–Crippen MR) is 166 cm³/mol. The number of fused-ring (bicyclic) bond motifs is 5. The van der Waals surface area contributed by atoms with Gasteiger partial charge >= 0.3 is 0 Å². The molecule has 3 heteroatoms. The van der Waals surface area contributed by atoms with Crippen LogP contribution < -0.4 is 0 Å². The Labute approximate surface area is 227 Å². The van der Waals surface area contributed by atoms with Crippen LogP contribution in [-0.4, -0.2) is 14.1 Å². The molecule has 3 aromatic heterocycles. The van der Waals surface area contributed by atoms with Gasteiger partial charge in [-0.2, -0.15) is 0 Å². The van der Waals surface area contributed by atoms with Gasteiger partial charge in [-0.05, 0) is 43.3 Å². The summed E-state index contributed by atoms with van der Waals surface area (Å²) in [4.78, 5) is 5.19. The summed E-state index contributed by atoms with van der Waals surface area (Å²) in [5.74, 6) is 0.865. The molecule has 39 heavy (non-hydrogen) atoms. The molecule has 0 bridgehead atoms. The molecule has 0 saturated carbocycles. The first-order valence-corrected chi connectivity index (χ1v) is 13.2. The molecule has 0 saturated heterocycles. The molecule has 3 heterocycles. The van der Waals surface area contributed by atoms with Crippen molar-refractivity contribution in [1.82, 2.24) is 14.1 Å². The summed E-state index contributed by atoms with van der Waals surface area (Å²) in [6, 6.07) is 40.4. The Kier molecular flexibility index (Phi) is 5.49. The number of rotatable bonds is 5. The lowest BCUT2D eigenvalue weighted by molar-refractivity contribution is 1.03. The molecule has 0 aliphatic rings. The quantitative estimate of drug-likeness (QED) is 0.230. The average Bonchev–Trinajstić information content (AvgIpc) is 3.51. The topological polar surface area (TPSA) is 22.8 Å². The van der Waals surface area contributed by atoms with E-state index in [1.54, 1.807) is 0 Å². The molecular formula is C36H27N3. The number of nitrogens with zero attached hydrogens (tertiary/aromatic N) is 3. The van der Waals surface area contributed by atoms with Gasteiger partial charge in [0.25, 0.3) is 0 Å². The van der Waals surface area contributed by atoms with Crippen molar-refractivity contribution in [2.45, 2.75) is 6.92 Å². The van der Waals surface area contributed by atoms with E-state index in [1.807, 2.05) is 12.1 Å². The van der Waals surface area contributed by atoms with Crippen molar-refractivity contribution in [2.75, 3.05) is 0 Å². The van der Waals surface area contributed by atoms with Crippen LogP contribution in [-0.2, 0) is 0 Å². The normalized spacial score (nSPS) is 11.7. The number of benzene rings is 4. The third-order valence-corrected chi connectivity index (χ3v) is 7.41.